The summed E-state index contributed by atoms with van der Waals surface area (Å²) >= 11 is 0. The highest BCUT2D eigenvalue weighted by molar-refractivity contribution is 5.98. The Bertz CT molecular complexity index is 1040. The fourth-order valence-electron chi connectivity index (χ4n) is 3.66. The third kappa shape index (κ3) is 4.25. The van der Waals surface area contributed by atoms with Gasteiger partial charge in [0.25, 0.3) is 0 Å². The van der Waals surface area contributed by atoms with Crippen molar-refractivity contribution in [3.05, 3.63) is 65.4 Å². The van der Waals surface area contributed by atoms with E-state index in [1.807, 2.05) is 30.3 Å². The molecule has 5 N–H and O–H groups in total. The minimum absolute atomic E-state index is 0.0233. The fourth-order valence-corrected chi connectivity index (χ4v) is 3.66. The Hall–Kier alpha value is -3.32. The van der Waals surface area contributed by atoms with Gasteiger partial charge in [0.05, 0.1) is 12.3 Å². The largest absolute Gasteiger partial charge is 0.489 e. The Kier molecular flexibility index (Phi) is 5.22. The molecular formula is C22H23N3O4. The van der Waals surface area contributed by atoms with Gasteiger partial charge in [-0.05, 0) is 54.9 Å². The number of nitrogens with two attached hydrogens (primary N) is 1. The minimum atomic E-state index is -0.905. The molecule has 2 aromatic carbocycles. The Balaban J connectivity index is 1.62. The molecule has 0 spiro atoms. The number of carboxylic acid groups (broad SMARTS) is 1. The van der Waals surface area contributed by atoms with Crippen LogP contribution in [0.3, 0.4) is 0 Å². The number of nitrogens with one attached hydrogen (secondary N) is 2. The number of aliphatic carboxylic acids is 1. The Morgan fingerprint density at radius 2 is 2.07 bits per heavy atom. The summed E-state index contributed by atoms with van der Waals surface area (Å²) in [6, 6.07) is 14.6. The maximum atomic E-state index is 11.5. The lowest BCUT2D eigenvalue weighted by molar-refractivity contribution is -0.137. The van der Waals surface area contributed by atoms with Crippen molar-refractivity contribution in [1.29, 1.82) is 5.41 Å². The number of benzene rings is 2. The van der Waals surface area contributed by atoms with Gasteiger partial charge in [-0.2, -0.15) is 0 Å². The first kappa shape index (κ1) is 19.0. The number of rotatable bonds is 7. The highest BCUT2D eigenvalue weighted by atomic mass is 16.5. The van der Waals surface area contributed by atoms with Gasteiger partial charge in [0.2, 0.25) is 0 Å². The molecule has 4 rings (SSSR count). The molecule has 7 nitrogen and oxygen atoms in total. The lowest BCUT2D eigenvalue weighted by Gasteiger charge is -2.15. The van der Waals surface area contributed by atoms with Gasteiger partial charge in [-0.25, -0.2) is 0 Å². The first-order valence-corrected chi connectivity index (χ1v) is 9.56. The molecule has 1 unspecified atom stereocenters. The van der Waals surface area contributed by atoms with E-state index in [1.165, 1.54) is 0 Å². The van der Waals surface area contributed by atoms with Crippen molar-refractivity contribution >= 4 is 22.8 Å². The molecule has 0 saturated carbocycles. The molecule has 1 fully saturated rings. The van der Waals surface area contributed by atoms with Gasteiger partial charge in [-0.15, -0.1) is 0 Å². The topological polar surface area (TPSA) is 122 Å². The highest BCUT2D eigenvalue weighted by Crippen LogP contribution is 2.34. The second kappa shape index (κ2) is 7.97. The van der Waals surface area contributed by atoms with Gasteiger partial charge in [0, 0.05) is 17.5 Å². The van der Waals surface area contributed by atoms with E-state index in [2.05, 4.69) is 5.32 Å². The third-order valence-corrected chi connectivity index (χ3v) is 5.17. The van der Waals surface area contributed by atoms with Crippen LogP contribution in [0, 0.1) is 5.41 Å². The van der Waals surface area contributed by atoms with Gasteiger partial charge in [0.15, 0.2) is 0 Å². The van der Waals surface area contributed by atoms with E-state index in [9.17, 15) is 9.90 Å². The summed E-state index contributed by atoms with van der Waals surface area (Å²) in [5.41, 5.74) is 7.64. The Morgan fingerprint density at radius 3 is 2.72 bits per heavy atom. The second-order valence-corrected chi connectivity index (χ2v) is 7.27. The molecule has 1 saturated heterocycles. The van der Waals surface area contributed by atoms with E-state index in [-0.39, 0.29) is 18.4 Å². The molecule has 0 amide bonds. The van der Waals surface area contributed by atoms with Gasteiger partial charge in [-0.1, -0.05) is 12.1 Å². The normalized spacial score (nSPS) is 17.3. The van der Waals surface area contributed by atoms with Crippen molar-refractivity contribution in [1.82, 2.24) is 5.32 Å². The molecule has 2 heterocycles. The average molecular weight is 393 g/mol. The molecule has 0 aliphatic carbocycles. The van der Waals surface area contributed by atoms with E-state index in [0.29, 0.717) is 16.9 Å². The number of carbonyl (C=O) groups is 1. The SMILES string of the molecule is N=C(N)c1ccc2oc(C(CC(=O)O)c3ccc(O[C@H]4CCNC4)cc3)cc2c1. The van der Waals surface area contributed by atoms with Crippen LogP contribution in [-0.4, -0.2) is 36.1 Å². The van der Waals surface area contributed by atoms with E-state index >= 15 is 0 Å². The van der Waals surface area contributed by atoms with Crippen molar-refractivity contribution in [2.75, 3.05) is 13.1 Å². The number of fused-ring (bicyclic) bond motifs is 1. The summed E-state index contributed by atoms with van der Waals surface area (Å²) in [7, 11) is 0. The maximum Gasteiger partial charge on any atom is 0.304 e. The summed E-state index contributed by atoms with van der Waals surface area (Å²) in [5, 5.41) is 21.1. The molecule has 29 heavy (non-hydrogen) atoms. The second-order valence-electron chi connectivity index (χ2n) is 7.27. The number of furan rings is 1. The average Bonchev–Trinajstić information content (AvgIpc) is 3.35. The number of nitrogen functional groups attached to an aromatic ring is 1. The summed E-state index contributed by atoms with van der Waals surface area (Å²) in [5.74, 6) is -0.0195. The van der Waals surface area contributed by atoms with Gasteiger partial charge >= 0.3 is 5.97 Å². The van der Waals surface area contributed by atoms with Crippen molar-refractivity contribution < 1.29 is 19.1 Å². The molecule has 1 aromatic heterocycles. The molecular weight excluding hydrogens is 370 g/mol. The van der Waals surface area contributed by atoms with Crippen molar-refractivity contribution in [3.63, 3.8) is 0 Å². The standard InChI is InChI=1S/C22H23N3O4/c23-22(24)14-3-6-19-15(9-14)10-20(29-19)18(11-21(26)27)13-1-4-16(5-2-13)28-17-7-8-25-12-17/h1-6,9-10,17-18,25H,7-8,11-12H2,(H3,23,24)(H,26,27)/t17-,18?/m0/s1. The predicted octanol–water partition coefficient (Wildman–Crippen LogP) is 3.06. The van der Waals surface area contributed by atoms with Crippen LogP contribution < -0.4 is 15.8 Å². The van der Waals surface area contributed by atoms with Crippen molar-refractivity contribution in [3.8, 4) is 5.75 Å². The number of ether oxygens (including phenoxy) is 1. The molecule has 2 atom stereocenters. The van der Waals surface area contributed by atoms with Crippen LogP contribution in [0.25, 0.3) is 11.0 Å². The number of amidine groups is 1. The zero-order chi connectivity index (χ0) is 20.4. The van der Waals surface area contributed by atoms with Crippen molar-refractivity contribution in [2.24, 2.45) is 5.73 Å². The number of carboxylic acids is 1. The molecule has 1 aliphatic rings. The summed E-state index contributed by atoms with van der Waals surface area (Å²) in [6.45, 7) is 1.80. The Labute approximate surface area is 168 Å². The highest BCUT2D eigenvalue weighted by Gasteiger charge is 2.23. The lowest BCUT2D eigenvalue weighted by Crippen LogP contribution is -2.19. The molecule has 7 heteroatoms. The number of hydrogen-bond acceptors (Lipinski definition) is 5. The molecule has 1 aliphatic heterocycles. The summed E-state index contributed by atoms with van der Waals surface area (Å²) < 4.78 is 11.9. The summed E-state index contributed by atoms with van der Waals surface area (Å²) in [6.07, 6.45) is 1.05. The zero-order valence-corrected chi connectivity index (χ0v) is 15.9. The molecule has 0 radical (unpaired) electrons. The first-order chi connectivity index (χ1) is 14.0. The maximum absolute atomic E-state index is 11.5. The van der Waals surface area contributed by atoms with Gasteiger partial charge < -0.3 is 25.3 Å². The van der Waals surface area contributed by atoms with Crippen LogP contribution in [-0.2, 0) is 4.79 Å². The molecule has 150 valence electrons. The van der Waals surface area contributed by atoms with Crippen molar-refractivity contribution in [2.45, 2.75) is 24.9 Å². The van der Waals surface area contributed by atoms with E-state index in [0.717, 1.165) is 36.2 Å². The van der Waals surface area contributed by atoms with Gasteiger partial charge in [-0.3, -0.25) is 10.2 Å². The predicted molar refractivity (Wildman–Crippen MR) is 110 cm³/mol. The quantitative estimate of drug-likeness (QED) is 0.362. The van der Waals surface area contributed by atoms with Crippen LogP contribution in [0.5, 0.6) is 5.75 Å². The molecule has 0 bridgehead atoms. The van der Waals surface area contributed by atoms with Crippen LogP contribution in [0.4, 0.5) is 0 Å². The zero-order valence-electron chi connectivity index (χ0n) is 15.9. The van der Waals surface area contributed by atoms with E-state index in [1.54, 1.807) is 18.2 Å². The smallest absolute Gasteiger partial charge is 0.304 e. The van der Waals surface area contributed by atoms with Crippen LogP contribution in [0.2, 0.25) is 0 Å². The van der Waals surface area contributed by atoms with Crippen LogP contribution >= 0.6 is 0 Å². The summed E-state index contributed by atoms with van der Waals surface area (Å²) in [4.78, 5) is 11.5. The van der Waals surface area contributed by atoms with E-state index < -0.39 is 11.9 Å². The Morgan fingerprint density at radius 1 is 1.28 bits per heavy atom. The van der Waals surface area contributed by atoms with Crippen LogP contribution in [0.15, 0.2) is 52.9 Å². The molecule has 3 aromatic rings. The third-order valence-electron chi connectivity index (χ3n) is 5.17. The van der Waals surface area contributed by atoms with Gasteiger partial charge in [0.1, 0.15) is 29.0 Å². The monoisotopic (exact) mass is 393 g/mol. The lowest BCUT2D eigenvalue weighted by atomic mass is 9.93. The van der Waals surface area contributed by atoms with Crippen LogP contribution in [0.1, 0.15) is 35.6 Å². The van der Waals surface area contributed by atoms with E-state index in [4.69, 9.17) is 20.3 Å². The number of hydrogen-bond donors (Lipinski definition) is 4. The fraction of sp³-hybridized carbons (Fsp3) is 0.273. The minimum Gasteiger partial charge on any atom is -0.489 e. The first-order valence-electron chi connectivity index (χ1n) is 9.56.